The third-order valence-corrected chi connectivity index (χ3v) is 15.9. The fourth-order valence-electron chi connectivity index (χ4n) is 10.5. The standard InChI is InChI=1S/C77H136O6/c1-4-7-10-13-16-19-22-24-26-28-30-32-33-34-35-36-37-38-39-40-41-42-43-45-46-48-50-52-55-58-61-64-67-70-76(79)82-73-74(72-81-75(78)69-66-63-60-57-54-21-18-15-12-9-6-3)83-77(80)71-68-65-62-59-56-53-51-49-47-44-31-29-27-25-23-20-17-14-11-8-5-2/h7,10,16,19,24,26,30,32,34-35,37-38,40-41,74H,4-6,8-9,11-15,17-18,20-23,25,27-29,31,33,36,39,42-73H2,1-3H3/b10-7-,19-16-,26-24-,32-30-,35-34-,38-37-,41-40-. The molecule has 83 heavy (non-hydrogen) atoms. The summed E-state index contributed by atoms with van der Waals surface area (Å²) in [4.78, 5) is 38.4. The lowest BCUT2D eigenvalue weighted by atomic mass is 10.0. The maximum absolute atomic E-state index is 12.9. The van der Waals surface area contributed by atoms with E-state index in [1.54, 1.807) is 0 Å². The van der Waals surface area contributed by atoms with Gasteiger partial charge in [-0.2, -0.15) is 0 Å². The van der Waals surface area contributed by atoms with Gasteiger partial charge in [-0.15, -0.1) is 0 Å². The fourth-order valence-corrected chi connectivity index (χ4v) is 10.5. The molecule has 6 nitrogen and oxygen atoms in total. The predicted octanol–water partition coefficient (Wildman–Crippen LogP) is 25.0. The van der Waals surface area contributed by atoms with Crippen molar-refractivity contribution in [1.82, 2.24) is 0 Å². The number of unbranched alkanes of at least 4 members (excludes halogenated alkanes) is 41. The van der Waals surface area contributed by atoms with Gasteiger partial charge in [0.25, 0.3) is 0 Å². The van der Waals surface area contributed by atoms with Crippen LogP contribution in [0.3, 0.4) is 0 Å². The number of rotatable bonds is 66. The van der Waals surface area contributed by atoms with Gasteiger partial charge in [0.2, 0.25) is 0 Å². The van der Waals surface area contributed by atoms with Crippen molar-refractivity contribution < 1.29 is 28.6 Å². The number of hydrogen-bond donors (Lipinski definition) is 0. The average Bonchev–Trinajstić information content (AvgIpc) is 3.48. The second kappa shape index (κ2) is 71.1. The summed E-state index contributed by atoms with van der Waals surface area (Å²) in [6, 6.07) is 0. The van der Waals surface area contributed by atoms with E-state index in [-0.39, 0.29) is 31.1 Å². The quantitative estimate of drug-likeness (QED) is 0.0261. The molecule has 0 aromatic carbocycles. The van der Waals surface area contributed by atoms with E-state index in [4.69, 9.17) is 14.2 Å². The van der Waals surface area contributed by atoms with Crippen molar-refractivity contribution in [2.75, 3.05) is 13.2 Å². The average molecular weight is 1160 g/mol. The molecule has 0 bridgehead atoms. The summed E-state index contributed by atoms with van der Waals surface area (Å²) >= 11 is 0. The van der Waals surface area contributed by atoms with E-state index in [1.165, 1.54) is 225 Å². The lowest BCUT2D eigenvalue weighted by Gasteiger charge is -2.18. The molecular weight excluding hydrogens is 1020 g/mol. The SMILES string of the molecule is CC/C=C\C/C=C\C/C=C\C/C=C\C/C=C\C/C=C\C/C=C\CCCCCCCCCCCCCC(=O)OCC(COC(=O)CCCCCCCCCCCCC)OC(=O)CCCCCCCCCCCCCCCCCCCCCCC. The zero-order chi connectivity index (χ0) is 59.9. The first-order chi connectivity index (χ1) is 41.0. The highest BCUT2D eigenvalue weighted by molar-refractivity contribution is 5.71. The second-order valence-electron chi connectivity index (χ2n) is 24.1. The Morgan fingerprint density at radius 2 is 0.470 bits per heavy atom. The molecule has 480 valence electrons. The van der Waals surface area contributed by atoms with Gasteiger partial charge in [0.1, 0.15) is 13.2 Å². The summed E-state index contributed by atoms with van der Waals surface area (Å²) < 4.78 is 17.0. The molecular formula is C77H136O6. The van der Waals surface area contributed by atoms with Crippen LogP contribution in [0, 0.1) is 0 Å². The summed E-state index contributed by atoms with van der Waals surface area (Å²) in [5.74, 6) is -0.852. The lowest BCUT2D eigenvalue weighted by Crippen LogP contribution is -2.30. The zero-order valence-electron chi connectivity index (χ0n) is 55.2. The second-order valence-corrected chi connectivity index (χ2v) is 24.1. The fraction of sp³-hybridized carbons (Fsp3) is 0.779. The minimum absolute atomic E-state index is 0.0706. The smallest absolute Gasteiger partial charge is 0.306 e. The first kappa shape index (κ1) is 79.6. The van der Waals surface area contributed by atoms with Gasteiger partial charge < -0.3 is 14.2 Å². The van der Waals surface area contributed by atoms with Crippen LogP contribution in [0.1, 0.15) is 367 Å². The van der Waals surface area contributed by atoms with Crippen molar-refractivity contribution in [2.45, 2.75) is 374 Å². The Balaban J connectivity index is 4.18. The van der Waals surface area contributed by atoms with E-state index < -0.39 is 6.10 Å². The highest BCUT2D eigenvalue weighted by Crippen LogP contribution is 2.18. The van der Waals surface area contributed by atoms with Crippen LogP contribution in [-0.2, 0) is 28.6 Å². The molecule has 0 amide bonds. The van der Waals surface area contributed by atoms with E-state index in [9.17, 15) is 14.4 Å². The molecule has 1 atom stereocenters. The summed E-state index contributed by atoms with van der Waals surface area (Å²) in [6.07, 6.45) is 94.8. The Morgan fingerprint density at radius 3 is 0.735 bits per heavy atom. The van der Waals surface area contributed by atoms with Crippen LogP contribution in [0.2, 0.25) is 0 Å². The molecule has 0 aliphatic carbocycles. The van der Waals surface area contributed by atoms with Crippen LogP contribution in [0.5, 0.6) is 0 Å². The highest BCUT2D eigenvalue weighted by atomic mass is 16.6. The van der Waals surface area contributed by atoms with E-state index >= 15 is 0 Å². The molecule has 0 saturated carbocycles. The molecule has 0 saturated heterocycles. The van der Waals surface area contributed by atoms with E-state index in [0.29, 0.717) is 19.3 Å². The van der Waals surface area contributed by atoms with Gasteiger partial charge in [0.15, 0.2) is 6.10 Å². The molecule has 0 rings (SSSR count). The molecule has 0 aliphatic rings. The van der Waals surface area contributed by atoms with Crippen LogP contribution in [-0.4, -0.2) is 37.2 Å². The summed E-state index contributed by atoms with van der Waals surface area (Å²) in [5, 5.41) is 0. The number of allylic oxidation sites excluding steroid dienone is 14. The Labute approximate surface area is 515 Å². The monoisotopic (exact) mass is 1160 g/mol. The molecule has 0 N–H and O–H groups in total. The molecule has 0 radical (unpaired) electrons. The zero-order valence-corrected chi connectivity index (χ0v) is 55.2. The van der Waals surface area contributed by atoms with Crippen molar-refractivity contribution in [2.24, 2.45) is 0 Å². The number of carbonyl (C=O) groups is 3. The summed E-state index contributed by atoms with van der Waals surface area (Å²) in [5.41, 5.74) is 0. The van der Waals surface area contributed by atoms with Gasteiger partial charge >= 0.3 is 17.9 Å². The topological polar surface area (TPSA) is 78.9 Å². The van der Waals surface area contributed by atoms with Crippen molar-refractivity contribution in [3.8, 4) is 0 Å². The largest absolute Gasteiger partial charge is 0.462 e. The summed E-state index contributed by atoms with van der Waals surface area (Å²) in [6.45, 7) is 6.57. The Kier molecular flexibility index (Phi) is 68.2. The van der Waals surface area contributed by atoms with Gasteiger partial charge in [0, 0.05) is 19.3 Å². The molecule has 0 aromatic heterocycles. The Morgan fingerprint density at radius 1 is 0.253 bits per heavy atom. The van der Waals surface area contributed by atoms with Gasteiger partial charge in [-0.1, -0.05) is 356 Å². The minimum Gasteiger partial charge on any atom is -0.462 e. The van der Waals surface area contributed by atoms with Crippen molar-refractivity contribution in [1.29, 1.82) is 0 Å². The van der Waals surface area contributed by atoms with E-state index in [0.717, 1.165) is 103 Å². The van der Waals surface area contributed by atoms with Gasteiger partial charge in [0.05, 0.1) is 0 Å². The third-order valence-electron chi connectivity index (χ3n) is 15.9. The molecule has 0 aromatic rings. The maximum atomic E-state index is 12.9. The number of esters is 3. The maximum Gasteiger partial charge on any atom is 0.306 e. The van der Waals surface area contributed by atoms with Crippen molar-refractivity contribution in [3.05, 3.63) is 85.1 Å². The van der Waals surface area contributed by atoms with Crippen molar-refractivity contribution >= 4 is 17.9 Å². The number of ether oxygens (including phenoxy) is 3. The Bertz CT molecular complexity index is 1570. The van der Waals surface area contributed by atoms with E-state index in [2.05, 4.69) is 106 Å². The molecule has 0 aliphatic heterocycles. The van der Waals surface area contributed by atoms with Crippen LogP contribution in [0.4, 0.5) is 0 Å². The first-order valence-electron chi connectivity index (χ1n) is 36.1. The van der Waals surface area contributed by atoms with Crippen LogP contribution in [0.15, 0.2) is 85.1 Å². The lowest BCUT2D eigenvalue weighted by molar-refractivity contribution is -0.167. The van der Waals surface area contributed by atoms with Gasteiger partial charge in [-0.05, 0) is 77.0 Å². The van der Waals surface area contributed by atoms with Crippen LogP contribution < -0.4 is 0 Å². The van der Waals surface area contributed by atoms with Crippen LogP contribution in [0.25, 0.3) is 0 Å². The molecule has 0 heterocycles. The molecule has 1 unspecified atom stereocenters. The minimum atomic E-state index is -0.774. The Hall–Kier alpha value is -3.41. The predicted molar refractivity (Wildman–Crippen MR) is 362 cm³/mol. The first-order valence-corrected chi connectivity index (χ1v) is 36.1. The van der Waals surface area contributed by atoms with Crippen molar-refractivity contribution in [3.63, 3.8) is 0 Å². The molecule has 0 spiro atoms. The van der Waals surface area contributed by atoms with E-state index in [1.807, 2.05) is 0 Å². The molecule has 0 fully saturated rings. The summed E-state index contributed by atoms with van der Waals surface area (Å²) in [7, 11) is 0. The normalized spacial score (nSPS) is 12.6. The van der Waals surface area contributed by atoms with Gasteiger partial charge in [-0.25, -0.2) is 0 Å². The third kappa shape index (κ3) is 69.3. The highest BCUT2D eigenvalue weighted by Gasteiger charge is 2.19. The number of hydrogen-bond acceptors (Lipinski definition) is 6. The number of carbonyl (C=O) groups excluding carboxylic acids is 3. The van der Waals surface area contributed by atoms with Gasteiger partial charge in [-0.3, -0.25) is 14.4 Å². The molecule has 6 heteroatoms. The van der Waals surface area contributed by atoms with Crippen LogP contribution >= 0.6 is 0 Å².